The number of hydrogen-bond donors (Lipinski definition) is 4. The molecule has 2 aromatic rings. The van der Waals surface area contributed by atoms with Gasteiger partial charge >= 0.3 is 0 Å². The lowest BCUT2D eigenvalue weighted by molar-refractivity contribution is -0.121. The molecule has 0 aliphatic heterocycles. The Balaban J connectivity index is 1.60. The first-order valence-electron chi connectivity index (χ1n) is 8.62. The first kappa shape index (κ1) is 18.4. The van der Waals surface area contributed by atoms with E-state index < -0.39 is 11.5 Å². The Labute approximate surface area is 154 Å². The fraction of sp³-hybridized carbons (Fsp3) is 0.333. The van der Waals surface area contributed by atoms with Crippen molar-refractivity contribution in [2.45, 2.75) is 31.7 Å². The zero-order valence-corrected chi connectivity index (χ0v) is 14.5. The highest BCUT2D eigenvalue weighted by Crippen LogP contribution is 2.28. The SMILES string of the molecule is NC(=O)c1cc2c([nH]c1=O)CCCC2NC(=O)CCNC(=O)c1ccco1. The van der Waals surface area contributed by atoms with E-state index in [1.54, 1.807) is 6.07 Å². The predicted molar refractivity (Wildman–Crippen MR) is 95.1 cm³/mol. The number of nitrogens with two attached hydrogens (primary N) is 1. The molecular formula is C18H20N4O5. The number of carbonyl (C=O) groups excluding carboxylic acids is 3. The highest BCUT2D eigenvalue weighted by atomic mass is 16.3. The molecular weight excluding hydrogens is 352 g/mol. The molecule has 5 N–H and O–H groups in total. The van der Waals surface area contributed by atoms with Gasteiger partial charge in [0.25, 0.3) is 17.4 Å². The third-order valence-corrected chi connectivity index (χ3v) is 4.44. The number of amides is 3. The molecule has 3 amide bonds. The Hall–Kier alpha value is -3.36. The topological polar surface area (TPSA) is 147 Å². The molecule has 1 atom stereocenters. The minimum Gasteiger partial charge on any atom is -0.459 e. The van der Waals surface area contributed by atoms with Crippen LogP contribution in [-0.2, 0) is 11.2 Å². The van der Waals surface area contributed by atoms with Gasteiger partial charge in [-0.05, 0) is 43.0 Å². The van der Waals surface area contributed by atoms with E-state index in [0.29, 0.717) is 24.1 Å². The van der Waals surface area contributed by atoms with Crippen LogP contribution in [0.5, 0.6) is 0 Å². The lowest BCUT2D eigenvalue weighted by Gasteiger charge is -2.26. The Morgan fingerprint density at radius 3 is 2.85 bits per heavy atom. The summed E-state index contributed by atoms with van der Waals surface area (Å²) < 4.78 is 4.97. The number of furan rings is 1. The van der Waals surface area contributed by atoms with Crippen LogP contribution in [0.1, 0.15) is 57.5 Å². The van der Waals surface area contributed by atoms with Gasteiger partial charge in [0, 0.05) is 18.7 Å². The molecule has 0 spiro atoms. The van der Waals surface area contributed by atoms with Crippen molar-refractivity contribution in [1.29, 1.82) is 0 Å². The van der Waals surface area contributed by atoms with Gasteiger partial charge in [-0.2, -0.15) is 0 Å². The van der Waals surface area contributed by atoms with Crippen LogP contribution in [0, 0.1) is 0 Å². The summed E-state index contributed by atoms with van der Waals surface area (Å²) in [5, 5.41) is 5.48. The smallest absolute Gasteiger partial charge is 0.286 e. The summed E-state index contributed by atoms with van der Waals surface area (Å²) in [5.74, 6) is -1.27. The van der Waals surface area contributed by atoms with Crippen LogP contribution in [-0.4, -0.2) is 29.3 Å². The molecule has 9 heteroatoms. The molecule has 9 nitrogen and oxygen atoms in total. The van der Waals surface area contributed by atoms with Crippen LogP contribution in [0.4, 0.5) is 0 Å². The molecule has 27 heavy (non-hydrogen) atoms. The number of aryl methyl sites for hydroxylation is 1. The fourth-order valence-corrected chi connectivity index (χ4v) is 3.12. The van der Waals surface area contributed by atoms with Gasteiger partial charge in [0.15, 0.2) is 5.76 Å². The molecule has 2 heterocycles. The number of aromatic amines is 1. The van der Waals surface area contributed by atoms with Gasteiger partial charge in [-0.1, -0.05) is 0 Å². The van der Waals surface area contributed by atoms with Crippen LogP contribution in [0.3, 0.4) is 0 Å². The third-order valence-electron chi connectivity index (χ3n) is 4.44. The Morgan fingerprint density at radius 2 is 2.15 bits per heavy atom. The predicted octanol–water partition coefficient (Wildman–Crippen LogP) is 0.380. The largest absolute Gasteiger partial charge is 0.459 e. The fourth-order valence-electron chi connectivity index (χ4n) is 3.12. The van der Waals surface area contributed by atoms with Gasteiger partial charge in [-0.15, -0.1) is 0 Å². The van der Waals surface area contributed by atoms with E-state index in [1.165, 1.54) is 18.4 Å². The van der Waals surface area contributed by atoms with Crippen molar-refractivity contribution in [1.82, 2.24) is 15.6 Å². The van der Waals surface area contributed by atoms with Crippen LogP contribution in [0.2, 0.25) is 0 Å². The maximum atomic E-state index is 12.2. The van der Waals surface area contributed by atoms with E-state index in [1.807, 2.05) is 0 Å². The molecule has 1 unspecified atom stereocenters. The van der Waals surface area contributed by atoms with Gasteiger partial charge in [-0.3, -0.25) is 19.2 Å². The zero-order valence-electron chi connectivity index (χ0n) is 14.5. The highest BCUT2D eigenvalue weighted by Gasteiger charge is 2.24. The number of hydrogen-bond acceptors (Lipinski definition) is 5. The van der Waals surface area contributed by atoms with E-state index in [-0.39, 0.29) is 42.1 Å². The van der Waals surface area contributed by atoms with E-state index in [0.717, 1.165) is 6.42 Å². The summed E-state index contributed by atoms with van der Waals surface area (Å²) >= 11 is 0. The molecule has 3 rings (SSSR count). The number of aromatic nitrogens is 1. The van der Waals surface area contributed by atoms with Crippen molar-refractivity contribution in [3.63, 3.8) is 0 Å². The van der Waals surface area contributed by atoms with Gasteiger partial charge in [0.05, 0.1) is 12.3 Å². The molecule has 1 aliphatic rings. The molecule has 1 aliphatic carbocycles. The summed E-state index contributed by atoms with van der Waals surface area (Å²) in [7, 11) is 0. The van der Waals surface area contributed by atoms with Crippen molar-refractivity contribution in [3.05, 3.63) is 57.4 Å². The second-order valence-corrected chi connectivity index (χ2v) is 6.31. The first-order chi connectivity index (χ1) is 13.0. The lowest BCUT2D eigenvalue weighted by atomic mass is 9.90. The number of nitrogens with one attached hydrogen (secondary N) is 3. The molecule has 2 aromatic heterocycles. The number of carbonyl (C=O) groups is 3. The van der Waals surface area contributed by atoms with Crippen LogP contribution >= 0.6 is 0 Å². The molecule has 0 fully saturated rings. The number of pyridine rings is 1. The molecule has 142 valence electrons. The third kappa shape index (κ3) is 4.25. The average Bonchev–Trinajstić information content (AvgIpc) is 3.15. The number of H-pyrrole nitrogens is 1. The highest BCUT2D eigenvalue weighted by molar-refractivity contribution is 5.93. The minimum absolute atomic E-state index is 0.0876. The van der Waals surface area contributed by atoms with E-state index in [4.69, 9.17) is 10.2 Å². The zero-order chi connectivity index (χ0) is 19.4. The Kier molecular flexibility index (Phi) is 5.39. The van der Waals surface area contributed by atoms with E-state index >= 15 is 0 Å². The molecule has 0 radical (unpaired) electrons. The number of rotatable bonds is 6. The standard InChI is InChI=1S/C18H20N4O5/c19-16(24)11-9-10-12(3-1-4-13(10)22-17(11)25)21-15(23)6-7-20-18(26)14-5-2-8-27-14/h2,5,8-9,12H,1,3-4,6-7H2,(H2,19,24)(H,20,26)(H,21,23)(H,22,25). The van der Waals surface area contributed by atoms with Crippen LogP contribution in [0.15, 0.2) is 33.7 Å². The van der Waals surface area contributed by atoms with Gasteiger partial charge in [0.1, 0.15) is 5.56 Å². The number of primary amides is 1. The van der Waals surface area contributed by atoms with Crippen molar-refractivity contribution in [2.24, 2.45) is 5.73 Å². The van der Waals surface area contributed by atoms with Crippen LogP contribution in [0.25, 0.3) is 0 Å². The maximum Gasteiger partial charge on any atom is 0.286 e. The maximum absolute atomic E-state index is 12.2. The van der Waals surface area contributed by atoms with Crippen LogP contribution < -0.4 is 21.9 Å². The summed E-state index contributed by atoms with van der Waals surface area (Å²) in [6.45, 7) is 0.156. The van der Waals surface area contributed by atoms with Gasteiger partial charge in [0.2, 0.25) is 5.91 Å². The normalized spacial score (nSPS) is 15.6. The molecule has 0 saturated heterocycles. The second kappa shape index (κ2) is 7.90. The minimum atomic E-state index is -0.810. The average molecular weight is 372 g/mol. The summed E-state index contributed by atoms with van der Waals surface area (Å²) in [6.07, 6.45) is 3.62. The van der Waals surface area contributed by atoms with E-state index in [9.17, 15) is 19.2 Å². The van der Waals surface area contributed by atoms with Crippen molar-refractivity contribution < 1.29 is 18.8 Å². The lowest BCUT2D eigenvalue weighted by Crippen LogP contribution is -2.35. The van der Waals surface area contributed by atoms with Crippen molar-refractivity contribution >= 4 is 17.7 Å². The summed E-state index contributed by atoms with van der Waals surface area (Å²) in [4.78, 5) is 49.9. The number of fused-ring (bicyclic) bond motifs is 1. The molecule has 0 aromatic carbocycles. The monoisotopic (exact) mass is 372 g/mol. The van der Waals surface area contributed by atoms with Crippen molar-refractivity contribution in [2.75, 3.05) is 6.54 Å². The Morgan fingerprint density at radius 1 is 1.33 bits per heavy atom. The van der Waals surface area contributed by atoms with E-state index in [2.05, 4.69) is 15.6 Å². The van der Waals surface area contributed by atoms with Crippen molar-refractivity contribution in [3.8, 4) is 0 Å². The van der Waals surface area contributed by atoms with Gasteiger partial charge < -0.3 is 25.8 Å². The summed E-state index contributed by atoms with van der Waals surface area (Å²) in [6, 6.07) is 4.27. The molecule has 0 saturated carbocycles. The van der Waals surface area contributed by atoms with Gasteiger partial charge in [-0.25, -0.2) is 0 Å². The first-order valence-corrected chi connectivity index (χ1v) is 8.62. The quantitative estimate of drug-likeness (QED) is 0.579. The summed E-state index contributed by atoms with van der Waals surface area (Å²) in [5.41, 5.74) is 5.99. The second-order valence-electron chi connectivity index (χ2n) is 6.31. The Bertz CT molecular complexity index is 916. The molecule has 0 bridgehead atoms.